The standard InChI is InChI=1S/C11H12BrN3/c12-9-3-1-2-8-10(14-7-5-13)4-6-15-11(8)9/h1-4,6H,5,7,13H2,(H,14,15). The molecule has 4 heteroatoms. The molecule has 0 fully saturated rings. The first-order valence-corrected chi connectivity index (χ1v) is 5.59. The highest BCUT2D eigenvalue weighted by molar-refractivity contribution is 9.10. The molecule has 0 atom stereocenters. The molecule has 0 spiro atoms. The first-order chi connectivity index (χ1) is 7.33. The average Bonchev–Trinajstić information content (AvgIpc) is 2.27. The number of nitrogens with zero attached hydrogens (tertiary/aromatic N) is 1. The molecule has 1 heterocycles. The molecule has 0 unspecified atom stereocenters. The van der Waals surface area contributed by atoms with Gasteiger partial charge in [-0.25, -0.2) is 0 Å². The molecular weight excluding hydrogens is 254 g/mol. The number of anilines is 1. The molecule has 0 aliphatic carbocycles. The molecule has 0 aliphatic heterocycles. The Morgan fingerprint density at radius 3 is 3.00 bits per heavy atom. The fraction of sp³-hybridized carbons (Fsp3) is 0.182. The van der Waals surface area contributed by atoms with Gasteiger partial charge in [0.15, 0.2) is 0 Å². The summed E-state index contributed by atoms with van der Waals surface area (Å²) in [5, 5.41) is 4.39. The summed E-state index contributed by atoms with van der Waals surface area (Å²) in [6.07, 6.45) is 1.80. The summed E-state index contributed by atoms with van der Waals surface area (Å²) in [5.41, 5.74) is 7.51. The van der Waals surface area contributed by atoms with E-state index in [2.05, 4.69) is 26.2 Å². The van der Waals surface area contributed by atoms with Crippen molar-refractivity contribution in [3.8, 4) is 0 Å². The third kappa shape index (κ3) is 2.11. The highest BCUT2D eigenvalue weighted by Gasteiger charge is 2.03. The van der Waals surface area contributed by atoms with E-state index in [1.165, 1.54) is 0 Å². The monoisotopic (exact) mass is 265 g/mol. The Balaban J connectivity index is 2.51. The summed E-state index contributed by atoms with van der Waals surface area (Å²) >= 11 is 3.48. The number of fused-ring (bicyclic) bond motifs is 1. The molecule has 2 aromatic rings. The van der Waals surface area contributed by atoms with Gasteiger partial charge in [0.25, 0.3) is 0 Å². The van der Waals surface area contributed by atoms with Gasteiger partial charge in [0, 0.05) is 34.8 Å². The van der Waals surface area contributed by atoms with Crippen molar-refractivity contribution in [1.82, 2.24) is 4.98 Å². The number of halogens is 1. The van der Waals surface area contributed by atoms with Crippen LogP contribution in [-0.4, -0.2) is 18.1 Å². The predicted molar refractivity (Wildman–Crippen MR) is 67.0 cm³/mol. The number of para-hydroxylation sites is 1. The molecule has 2 rings (SSSR count). The van der Waals surface area contributed by atoms with Crippen LogP contribution >= 0.6 is 15.9 Å². The summed E-state index contributed by atoms with van der Waals surface area (Å²) in [6, 6.07) is 8.00. The van der Waals surface area contributed by atoms with Gasteiger partial charge < -0.3 is 11.1 Å². The highest BCUT2D eigenvalue weighted by Crippen LogP contribution is 2.26. The quantitative estimate of drug-likeness (QED) is 0.896. The van der Waals surface area contributed by atoms with Gasteiger partial charge in [-0.2, -0.15) is 0 Å². The minimum Gasteiger partial charge on any atom is -0.383 e. The van der Waals surface area contributed by atoms with Crippen molar-refractivity contribution in [2.24, 2.45) is 5.73 Å². The predicted octanol–water partition coefficient (Wildman–Crippen LogP) is 2.37. The molecule has 15 heavy (non-hydrogen) atoms. The Morgan fingerprint density at radius 1 is 1.33 bits per heavy atom. The van der Waals surface area contributed by atoms with E-state index in [1.54, 1.807) is 6.20 Å². The molecule has 78 valence electrons. The van der Waals surface area contributed by atoms with Gasteiger partial charge in [-0.3, -0.25) is 4.98 Å². The van der Waals surface area contributed by atoms with Gasteiger partial charge in [-0.1, -0.05) is 12.1 Å². The minimum absolute atomic E-state index is 0.623. The van der Waals surface area contributed by atoms with Crippen LogP contribution in [0.25, 0.3) is 10.9 Å². The molecular formula is C11H12BrN3. The first-order valence-electron chi connectivity index (χ1n) is 4.80. The summed E-state index contributed by atoms with van der Waals surface area (Å²) in [5.74, 6) is 0. The van der Waals surface area contributed by atoms with E-state index in [0.29, 0.717) is 6.54 Å². The summed E-state index contributed by atoms with van der Waals surface area (Å²) in [7, 11) is 0. The van der Waals surface area contributed by atoms with Crippen LogP contribution in [0.4, 0.5) is 5.69 Å². The van der Waals surface area contributed by atoms with E-state index in [4.69, 9.17) is 5.73 Å². The largest absolute Gasteiger partial charge is 0.383 e. The van der Waals surface area contributed by atoms with E-state index in [9.17, 15) is 0 Å². The number of benzene rings is 1. The Morgan fingerprint density at radius 2 is 2.20 bits per heavy atom. The van der Waals surface area contributed by atoms with Crippen LogP contribution in [0.2, 0.25) is 0 Å². The third-order valence-electron chi connectivity index (χ3n) is 2.18. The smallest absolute Gasteiger partial charge is 0.0864 e. The second kappa shape index (κ2) is 4.59. The van der Waals surface area contributed by atoms with Gasteiger partial charge in [-0.15, -0.1) is 0 Å². The Kier molecular flexibility index (Phi) is 3.18. The molecule has 0 radical (unpaired) electrons. The molecule has 0 aliphatic rings. The topological polar surface area (TPSA) is 50.9 Å². The number of hydrogen-bond acceptors (Lipinski definition) is 3. The number of aromatic nitrogens is 1. The van der Waals surface area contributed by atoms with Crippen LogP contribution in [0.15, 0.2) is 34.9 Å². The Hall–Kier alpha value is -1.13. The molecule has 0 bridgehead atoms. The lowest BCUT2D eigenvalue weighted by atomic mass is 10.2. The third-order valence-corrected chi connectivity index (χ3v) is 2.82. The van der Waals surface area contributed by atoms with Gasteiger partial charge in [0.1, 0.15) is 0 Å². The van der Waals surface area contributed by atoms with Crippen LogP contribution in [0, 0.1) is 0 Å². The molecule has 3 N–H and O–H groups in total. The lowest BCUT2D eigenvalue weighted by Crippen LogP contribution is -2.13. The van der Waals surface area contributed by atoms with Crippen molar-refractivity contribution in [1.29, 1.82) is 0 Å². The maximum atomic E-state index is 5.46. The van der Waals surface area contributed by atoms with Crippen molar-refractivity contribution in [2.45, 2.75) is 0 Å². The summed E-state index contributed by atoms with van der Waals surface area (Å²) in [6.45, 7) is 1.39. The minimum atomic E-state index is 0.623. The second-order valence-corrected chi connectivity index (χ2v) is 4.06. The van der Waals surface area contributed by atoms with Crippen LogP contribution in [-0.2, 0) is 0 Å². The van der Waals surface area contributed by atoms with Crippen LogP contribution < -0.4 is 11.1 Å². The van der Waals surface area contributed by atoms with Crippen LogP contribution in [0.5, 0.6) is 0 Å². The zero-order chi connectivity index (χ0) is 10.7. The van der Waals surface area contributed by atoms with E-state index >= 15 is 0 Å². The van der Waals surface area contributed by atoms with Gasteiger partial charge in [0.05, 0.1) is 5.52 Å². The number of pyridine rings is 1. The first kappa shape index (κ1) is 10.4. The molecule has 0 saturated carbocycles. The zero-order valence-corrected chi connectivity index (χ0v) is 9.79. The maximum absolute atomic E-state index is 5.46. The lowest BCUT2D eigenvalue weighted by Gasteiger charge is -2.08. The molecule has 0 saturated heterocycles. The van der Waals surface area contributed by atoms with Crippen molar-refractivity contribution < 1.29 is 0 Å². The average molecular weight is 266 g/mol. The van der Waals surface area contributed by atoms with E-state index in [0.717, 1.165) is 27.6 Å². The number of nitrogens with two attached hydrogens (primary N) is 1. The number of hydrogen-bond donors (Lipinski definition) is 2. The van der Waals surface area contributed by atoms with E-state index in [-0.39, 0.29) is 0 Å². The fourth-order valence-corrected chi connectivity index (χ4v) is 1.97. The number of nitrogens with one attached hydrogen (secondary N) is 1. The maximum Gasteiger partial charge on any atom is 0.0864 e. The molecule has 1 aromatic carbocycles. The van der Waals surface area contributed by atoms with Crippen molar-refractivity contribution in [3.63, 3.8) is 0 Å². The van der Waals surface area contributed by atoms with Crippen LogP contribution in [0.1, 0.15) is 0 Å². The molecule has 3 nitrogen and oxygen atoms in total. The van der Waals surface area contributed by atoms with Crippen molar-refractivity contribution >= 4 is 32.5 Å². The molecule has 0 amide bonds. The fourth-order valence-electron chi connectivity index (χ4n) is 1.50. The second-order valence-electron chi connectivity index (χ2n) is 3.21. The van der Waals surface area contributed by atoms with E-state index in [1.807, 2.05) is 24.3 Å². The van der Waals surface area contributed by atoms with Crippen molar-refractivity contribution in [2.75, 3.05) is 18.4 Å². The summed E-state index contributed by atoms with van der Waals surface area (Å²) < 4.78 is 1.01. The zero-order valence-electron chi connectivity index (χ0n) is 8.20. The lowest BCUT2D eigenvalue weighted by molar-refractivity contribution is 1.03. The summed E-state index contributed by atoms with van der Waals surface area (Å²) in [4.78, 5) is 4.33. The van der Waals surface area contributed by atoms with Gasteiger partial charge in [-0.05, 0) is 28.1 Å². The van der Waals surface area contributed by atoms with Gasteiger partial charge >= 0.3 is 0 Å². The van der Waals surface area contributed by atoms with Gasteiger partial charge in [0.2, 0.25) is 0 Å². The van der Waals surface area contributed by atoms with E-state index < -0.39 is 0 Å². The highest BCUT2D eigenvalue weighted by atomic mass is 79.9. The Labute approximate surface area is 96.8 Å². The van der Waals surface area contributed by atoms with Crippen molar-refractivity contribution in [3.05, 3.63) is 34.9 Å². The number of rotatable bonds is 3. The Bertz CT molecular complexity index is 470. The SMILES string of the molecule is NCCNc1ccnc2c(Br)cccc12. The van der Waals surface area contributed by atoms with Crippen LogP contribution in [0.3, 0.4) is 0 Å². The normalized spacial score (nSPS) is 10.5. The molecule has 1 aromatic heterocycles.